The number of hydrogen-bond donors (Lipinski definition) is 5. The number of hydrogen-bond acceptors (Lipinski definition) is 7. The Morgan fingerprint density at radius 3 is 2.65 bits per heavy atom. The molecule has 1 rings (SSSR count). The molecular weight excluding hydrogens is 385 g/mol. The third kappa shape index (κ3) is 7.24. The number of nitrogens with one attached hydrogen (secondary N) is 3. The van der Waals surface area contributed by atoms with Gasteiger partial charge in [-0.05, 0) is 6.92 Å². The summed E-state index contributed by atoms with van der Waals surface area (Å²) in [4.78, 5) is 34.7. The molecule has 1 fully saturated rings. The fourth-order valence-electron chi connectivity index (χ4n) is 1.93. The summed E-state index contributed by atoms with van der Waals surface area (Å²) in [5.74, 6) is -1.94. The number of aliphatic hydroxyl groups excluding tert-OH is 1. The first-order valence-electron chi connectivity index (χ1n) is 8.09. The molecule has 0 saturated carbocycles. The second-order valence-electron chi connectivity index (χ2n) is 6.58. The highest BCUT2D eigenvalue weighted by molar-refractivity contribution is 8.56. The topological polar surface area (TPSA) is 154 Å². The Balaban J connectivity index is 2.96. The number of amides is 2. The first kappa shape index (κ1) is 22.9. The van der Waals surface area contributed by atoms with E-state index in [-0.39, 0.29) is 37.8 Å². The fraction of sp³-hybridized carbons (Fsp3) is 0.786. The van der Waals surface area contributed by atoms with Crippen molar-refractivity contribution in [3.05, 3.63) is 0 Å². The SMILES string of the molecule is C[C@H](NP1(=O)OCC(C)(C)[C@@H](O)C(=O)NCCC(=O)NCCS1)C(=O)O. The maximum absolute atomic E-state index is 13.0. The van der Waals surface area contributed by atoms with Crippen molar-refractivity contribution >= 4 is 35.9 Å². The van der Waals surface area contributed by atoms with Crippen molar-refractivity contribution in [2.75, 3.05) is 25.4 Å². The van der Waals surface area contributed by atoms with Crippen LogP contribution in [0.1, 0.15) is 27.2 Å². The van der Waals surface area contributed by atoms with E-state index in [4.69, 9.17) is 9.63 Å². The highest BCUT2D eigenvalue weighted by atomic mass is 32.7. The summed E-state index contributed by atoms with van der Waals surface area (Å²) in [6.45, 7) is 0.848. The highest BCUT2D eigenvalue weighted by Gasteiger charge is 2.38. The van der Waals surface area contributed by atoms with E-state index < -0.39 is 36.2 Å². The Kier molecular flexibility index (Phi) is 8.55. The molecule has 1 aliphatic heterocycles. The third-order valence-electron chi connectivity index (χ3n) is 3.65. The molecule has 0 aliphatic carbocycles. The van der Waals surface area contributed by atoms with Crippen LogP contribution in [0.4, 0.5) is 0 Å². The van der Waals surface area contributed by atoms with E-state index in [1.54, 1.807) is 13.8 Å². The first-order chi connectivity index (χ1) is 12.0. The maximum atomic E-state index is 13.0. The van der Waals surface area contributed by atoms with Gasteiger partial charge in [0.25, 0.3) is 0 Å². The zero-order chi connectivity index (χ0) is 20.0. The molecular formula is C14H26N3O7PS. The van der Waals surface area contributed by atoms with Gasteiger partial charge in [-0.2, -0.15) is 0 Å². The van der Waals surface area contributed by atoms with Gasteiger partial charge in [0.05, 0.1) is 6.61 Å². The molecule has 12 heteroatoms. The number of carboxylic acid groups (broad SMARTS) is 1. The second-order valence-corrected chi connectivity index (χ2v) is 11.0. The highest BCUT2D eigenvalue weighted by Crippen LogP contribution is 2.57. The molecule has 26 heavy (non-hydrogen) atoms. The van der Waals surface area contributed by atoms with Gasteiger partial charge in [0.15, 0.2) is 0 Å². The number of carboxylic acids is 1. The van der Waals surface area contributed by atoms with Crippen molar-refractivity contribution in [1.82, 2.24) is 15.7 Å². The van der Waals surface area contributed by atoms with E-state index >= 15 is 0 Å². The van der Waals surface area contributed by atoms with Gasteiger partial charge < -0.3 is 25.4 Å². The Morgan fingerprint density at radius 1 is 1.38 bits per heavy atom. The molecule has 0 aromatic carbocycles. The van der Waals surface area contributed by atoms with Gasteiger partial charge in [-0.25, -0.2) is 5.09 Å². The van der Waals surface area contributed by atoms with Gasteiger partial charge in [0.2, 0.25) is 11.8 Å². The smallest absolute Gasteiger partial charge is 0.327 e. The van der Waals surface area contributed by atoms with Crippen LogP contribution < -0.4 is 15.7 Å². The molecule has 3 atom stereocenters. The Hall–Kier alpha value is -1.13. The van der Waals surface area contributed by atoms with Gasteiger partial charge in [0.1, 0.15) is 12.1 Å². The molecule has 0 aromatic rings. The number of aliphatic hydroxyl groups is 1. The lowest BCUT2D eigenvalue weighted by Gasteiger charge is -2.31. The predicted molar refractivity (Wildman–Crippen MR) is 96.7 cm³/mol. The van der Waals surface area contributed by atoms with E-state index in [0.717, 1.165) is 11.4 Å². The summed E-state index contributed by atoms with van der Waals surface area (Å²) in [7, 11) is 0. The summed E-state index contributed by atoms with van der Waals surface area (Å²) in [6.07, 6.45) is -1.41. The normalized spacial score (nSPS) is 29.8. The molecule has 0 radical (unpaired) electrons. The molecule has 2 amide bonds. The molecule has 1 saturated heterocycles. The molecule has 0 aromatic heterocycles. The van der Waals surface area contributed by atoms with Crippen LogP contribution in [0.3, 0.4) is 0 Å². The van der Waals surface area contributed by atoms with Crippen molar-refractivity contribution in [3.8, 4) is 0 Å². The molecule has 10 nitrogen and oxygen atoms in total. The average Bonchev–Trinajstić information content (AvgIpc) is 2.55. The molecule has 1 unspecified atom stereocenters. The predicted octanol–water partition coefficient (Wildman–Crippen LogP) is -0.0698. The number of carbonyl (C=O) groups is 3. The van der Waals surface area contributed by atoms with Crippen LogP contribution in [0.15, 0.2) is 0 Å². The van der Waals surface area contributed by atoms with E-state index in [1.807, 2.05) is 0 Å². The number of rotatable bonds is 3. The summed E-state index contributed by atoms with van der Waals surface area (Å²) >= 11 is 0.863. The molecule has 0 bridgehead atoms. The van der Waals surface area contributed by atoms with Crippen LogP contribution in [-0.2, 0) is 23.5 Å². The molecule has 1 aliphatic rings. The minimum absolute atomic E-state index is 0.0476. The van der Waals surface area contributed by atoms with Gasteiger partial charge in [-0.3, -0.25) is 18.9 Å². The van der Waals surface area contributed by atoms with Crippen molar-refractivity contribution in [3.63, 3.8) is 0 Å². The fourth-order valence-corrected chi connectivity index (χ4v) is 5.75. The van der Waals surface area contributed by atoms with Crippen molar-refractivity contribution in [2.45, 2.75) is 39.3 Å². The van der Waals surface area contributed by atoms with E-state index in [2.05, 4.69) is 15.7 Å². The molecule has 5 N–H and O–H groups in total. The van der Waals surface area contributed by atoms with Crippen molar-refractivity contribution in [1.29, 1.82) is 0 Å². The first-order valence-corrected chi connectivity index (χ1v) is 11.3. The van der Waals surface area contributed by atoms with E-state index in [9.17, 15) is 24.1 Å². The van der Waals surface area contributed by atoms with Crippen LogP contribution in [0.5, 0.6) is 0 Å². The monoisotopic (exact) mass is 411 g/mol. The van der Waals surface area contributed by atoms with Crippen LogP contribution in [0.2, 0.25) is 0 Å². The van der Waals surface area contributed by atoms with Crippen LogP contribution >= 0.6 is 18.1 Å². The summed E-state index contributed by atoms with van der Waals surface area (Å²) in [5.41, 5.74) is -1.08. The lowest BCUT2D eigenvalue weighted by Crippen LogP contribution is -2.47. The zero-order valence-corrected chi connectivity index (χ0v) is 16.7. The van der Waals surface area contributed by atoms with Gasteiger partial charge in [-0.15, -0.1) is 0 Å². The standard InChI is InChI=1S/C14H26N3O7PS/c1-9(13(21)22)17-25(23)24-8-14(2,3)11(19)12(20)16-5-4-10(18)15-6-7-26-25/h9,11,19H,4-8H2,1-3H3,(H,15,18)(H,16,20)(H,17,23)(H,21,22)/t9-,11-,25?/m0/s1. The van der Waals surface area contributed by atoms with Crippen molar-refractivity contribution < 1.29 is 33.7 Å². The lowest BCUT2D eigenvalue weighted by molar-refractivity contribution is -0.138. The average molecular weight is 411 g/mol. The Labute approximate surface area is 156 Å². The molecule has 0 spiro atoms. The zero-order valence-electron chi connectivity index (χ0n) is 15.0. The van der Waals surface area contributed by atoms with Gasteiger partial charge >= 0.3 is 12.7 Å². The molecule has 1 heterocycles. The number of carbonyl (C=O) groups excluding carboxylic acids is 2. The maximum Gasteiger partial charge on any atom is 0.327 e. The van der Waals surface area contributed by atoms with Crippen molar-refractivity contribution in [2.24, 2.45) is 5.41 Å². The molecule has 150 valence electrons. The third-order valence-corrected chi connectivity index (χ3v) is 7.75. The van der Waals surface area contributed by atoms with Crippen LogP contribution in [-0.4, -0.2) is 65.6 Å². The van der Waals surface area contributed by atoms with Gasteiger partial charge in [0, 0.05) is 30.7 Å². The van der Waals surface area contributed by atoms with E-state index in [0.29, 0.717) is 0 Å². The quantitative estimate of drug-likeness (QED) is 0.402. The minimum Gasteiger partial charge on any atom is -0.480 e. The largest absolute Gasteiger partial charge is 0.480 e. The number of aliphatic carboxylic acids is 1. The van der Waals surface area contributed by atoms with Gasteiger partial charge in [-0.1, -0.05) is 25.2 Å². The lowest BCUT2D eigenvalue weighted by atomic mass is 9.87. The Bertz CT molecular complexity index is 587. The van der Waals surface area contributed by atoms with E-state index in [1.165, 1.54) is 6.92 Å². The second kappa shape index (κ2) is 9.70. The summed E-state index contributed by atoms with van der Waals surface area (Å²) in [6, 6.07) is -1.13. The van der Waals surface area contributed by atoms with Crippen LogP contribution in [0, 0.1) is 5.41 Å². The van der Waals surface area contributed by atoms with Crippen LogP contribution in [0.25, 0.3) is 0 Å². The summed E-state index contributed by atoms with van der Waals surface area (Å²) in [5, 5.41) is 26.8. The Morgan fingerprint density at radius 2 is 2.04 bits per heavy atom. The summed E-state index contributed by atoms with van der Waals surface area (Å²) < 4.78 is 18.4. The minimum atomic E-state index is -3.65.